The minimum absolute atomic E-state index is 0.0929. The highest BCUT2D eigenvalue weighted by molar-refractivity contribution is 5.87. The second-order valence-electron chi connectivity index (χ2n) is 9.47. The largest absolute Gasteiger partial charge is 0.489 e. The van der Waals surface area contributed by atoms with Crippen LogP contribution in [0.1, 0.15) is 44.4 Å². The molecule has 3 rings (SSSR count). The predicted octanol–water partition coefficient (Wildman–Crippen LogP) is 6.09. The molecule has 0 bridgehead atoms. The van der Waals surface area contributed by atoms with Crippen molar-refractivity contribution in [2.24, 2.45) is 0 Å². The van der Waals surface area contributed by atoms with Crippen LogP contribution in [0, 0.1) is 0 Å². The van der Waals surface area contributed by atoms with Crippen LogP contribution in [0.2, 0.25) is 0 Å². The number of ether oxygens (including phenoxy) is 3. The van der Waals surface area contributed by atoms with Crippen LogP contribution in [0.5, 0.6) is 5.75 Å². The Morgan fingerprint density at radius 3 is 1.77 bits per heavy atom. The highest BCUT2D eigenvalue weighted by atomic mass is 16.6. The topological polar surface area (TPSA) is 65.1 Å². The van der Waals surface area contributed by atoms with E-state index in [1.54, 1.807) is 52.0 Å². The van der Waals surface area contributed by atoms with Crippen LogP contribution in [-0.2, 0) is 33.0 Å². The first-order valence-electron chi connectivity index (χ1n) is 11.5. The van der Waals surface area contributed by atoms with Gasteiger partial charge < -0.3 is 14.2 Å². The van der Waals surface area contributed by atoms with Crippen molar-refractivity contribution in [2.45, 2.75) is 52.0 Å². The minimum Gasteiger partial charge on any atom is -0.489 e. The molecule has 0 aromatic heterocycles. The summed E-state index contributed by atoms with van der Waals surface area (Å²) in [5.74, 6) is 0.0881. The van der Waals surface area contributed by atoms with Crippen molar-refractivity contribution >= 4 is 12.1 Å². The van der Waals surface area contributed by atoms with E-state index in [0.29, 0.717) is 17.9 Å². The molecule has 1 amide bonds. The van der Waals surface area contributed by atoms with Gasteiger partial charge in [0.15, 0.2) is 5.54 Å². The summed E-state index contributed by atoms with van der Waals surface area (Å²) >= 11 is 0. The second kappa shape index (κ2) is 11.1. The lowest BCUT2D eigenvalue weighted by Gasteiger charge is -2.37. The van der Waals surface area contributed by atoms with Crippen LogP contribution in [0.3, 0.4) is 0 Å². The van der Waals surface area contributed by atoms with Crippen molar-refractivity contribution in [1.29, 1.82) is 0 Å². The summed E-state index contributed by atoms with van der Waals surface area (Å²) in [6, 6.07) is 26.4. The molecule has 35 heavy (non-hydrogen) atoms. The quantitative estimate of drug-likeness (QED) is 0.369. The molecule has 0 saturated heterocycles. The van der Waals surface area contributed by atoms with Crippen LogP contribution in [-0.4, -0.2) is 29.6 Å². The Balaban J connectivity index is 1.83. The maximum atomic E-state index is 13.4. The number of rotatable bonds is 8. The Morgan fingerprint density at radius 2 is 1.26 bits per heavy atom. The summed E-state index contributed by atoms with van der Waals surface area (Å²) in [5.41, 5.74) is 0.351. The van der Waals surface area contributed by atoms with Crippen molar-refractivity contribution in [3.63, 3.8) is 0 Å². The highest BCUT2D eigenvalue weighted by Gasteiger charge is 2.45. The molecule has 6 nitrogen and oxygen atoms in total. The van der Waals surface area contributed by atoms with E-state index in [9.17, 15) is 9.59 Å². The van der Waals surface area contributed by atoms with Crippen molar-refractivity contribution in [1.82, 2.24) is 4.90 Å². The van der Waals surface area contributed by atoms with E-state index in [2.05, 4.69) is 0 Å². The van der Waals surface area contributed by atoms with Crippen molar-refractivity contribution < 1.29 is 23.8 Å². The number of amides is 1. The number of likely N-dealkylation sites (N-methyl/N-ethyl adjacent to an activating group) is 1. The first-order chi connectivity index (χ1) is 16.6. The Hall–Kier alpha value is -3.80. The molecule has 0 N–H and O–H groups in total. The Labute approximate surface area is 207 Å². The molecule has 3 aromatic rings. The van der Waals surface area contributed by atoms with Gasteiger partial charge in [0, 0.05) is 7.05 Å². The molecule has 0 spiro atoms. The van der Waals surface area contributed by atoms with Gasteiger partial charge in [0.05, 0.1) is 0 Å². The minimum atomic E-state index is -1.42. The molecule has 3 aromatic carbocycles. The number of hydrogen-bond acceptors (Lipinski definition) is 5. The third-order valence-electron chi connectivity index (χ3n) is 5.61. The fraction of sp³-hybridized carbons (Fsp3) is 0.310. The summed E-state index contributed by atoms with van der Waals surface area (Å²) < 4.78 is 17.1. The Bertz CT molecular complexity index is 1110. The molecule has 0 unspecified atom stereocenters. The number of carbonyl (C=O) groups excluding carboxylic acids is 2. The molecule has 0 fully saturated rings. The van der Waals surface area contributed by atoms with Gasteiger partial charge >= 0.3 is 12.1 Å². The molecular weight excluding hydrogens is 442 g/mol. The summed E-state index contributed by atoms with van der Waals surface area (Å²) in [7, 11) is 1.54. The maximum Gasteiger partial charge on any atom is 0.411 e. The van der Waals surface area contributed by atoms with Crippen LogP contribution >= 0.6 is 0 Å². The zero-order chi connectivity index (χ0) is 25.5. The summed E-state index contributed by atoms with van der Waals surface area (Å²) in [4.78, 5) is 27.7. The molecule has 0 aliphatic heterocycles. The lowest BCUT2D eigenvalue weighted by atomic mass is 9.90. The molecular formula is C29H33NO5. The van der Waals surface area contributed by atoms with E-state index < -0.39 is 23.2 Å². The van der Waals surface area contributed by atoms with Crippen molar-refractivity contribution in [3.05, 3.63) is 102 Å². The third-order valence-corrected chi connectivity index (χ3v) is 5.61. The van der Waals surface area contributed by atoms with Crippen LogP contribution in [0.25, 0.3) is 0 Å². The van der Waals surface area contributed by atoms with Gasteiger partial charge in [-0.15, -0.1) is 0 Å². The van der Waals surface area contributed by atoms with E-state index in [1.807, 2.05) is 60.7 Å². The van der Waals surface area contributed by atoms with Gasteiger partial charge in [-0.05, 0) is 56.5 Å². The normalized spacial score (nSPS) is 12.8. The smallest absolute Gasteiger partial charge is 0.411 e. The lowest BCUT2D eigenvalue weighted by Crippen LogP contribution is -2.52. The zero-order valence-electron chi connectivity index (χ0n) is 21.0. The molecule has 0 saturated carbocycles. The molecule has 0 radical (unpaired) electrons. The summed E-state index contributed by atoms with van der Waals surface area (Å²) in [6.45, 7) is 7.52. The standard InChI is InChI=1S/C29H33NO5/c1-28(2,3)35-27(32)30(5)29(4,26(31)34-21-23-14-10-7-11-15-23)24-16-18-25(19-17-24)33-20-22-12-8-6-9-13-22/h6-19H,20-21H2,1-5H3/t29-/m1/s1. The summed E-state index contributed by atoms with van der Waals surface area (Å²) in [6.07, 6.45) is -0.624. The SMILES string of the molecule is CN(C(=O)OC(C)(C)C)[C@@](C)(C(=O)OCc1ccccc1)c1ccc(OCc2ccccc2)cc1. The van der Waals surface area contributed by atoms with Gasteiger partial charge in [-0.2, -0.15) is 0 Å². The second-order valence-corrected chi connectivity index (χ2v) is 9.47. The number of hydrogen-bond donors (Lipinski definition) is 0. The van der Waals surface area contributed by atoms with E-state index >= 15 is 0 Å². The predicted molar refractivity (Wildman–Crippen MR) is 135 cm³/mol. The first kappa shape index (κ1) is 25.8. The monoisotopic (exact) mass is 475 g/mol. The van der Waals surface area contributed by atoms with Crippen molar-refractivity contribution in [2.75, 3.05) is 7.05 Å². The number of esters is 1. The molecule has 0 heterocycles. The van der Waals surface area contributed by atoms with Crippen LogP contribution in [0.15, 0.2) is 84.9 Å². The fourth-order valence-electron chi connectivity index (χ4n) is 3.44. The third kappa shape index (κ3) is 6.85. The number of carbonyl (C=O) groups is 2. The molecule has 184 valence electrons. The van der Waals surface area contributed by atoms with Crippen LogP contribution < -0.4 is 4.74 Å². The van der Waals surface area contributed by atoms with E-state index in [4.69, 9.17) is 14.2 Å². The number of benzene rings is 3. The van der Waals surface area contributed by atoms with Crippen LogP contribution in [0.4, 0.5) is 4.79 Å². The van der Waals surface area contributed by atoms with Crippen molar-refractivity contribution in [3.8, 4) is 5.75 Å². The zero-order valence-corrected chi connectivity index (χ0v) is 21.0. The van der Waals surface area contributed by atoms with Gasteiger partial charge in [0.2, 0.25) is 0 Å². The Morgan fingerprint density at radius 1 is 0.743 bits per heavy atom. The maximum absolute atomic E-state index is 13.4. The highest BCUT2D eigenvalue weighted by Crippen LogP contribution is 2.32. The fourth-order valence-corrected chi connectivity index (χ4v) is 3.44. The molecule has 0 aliphatic rings. The molecule has 6 heteroatoms. The molecule has 0 aliphatic carbocycles. The van der Waals surface area contributed by atoms with E-state index in [1.165, 1.54) is 11.9 Å². The average molecular weight is 476 g/mol. The number of nitrogens with zero attached hydrogens (tertiary/aromatic N) is 1. The van der Waals surface area contributed by atoms with Gasteiger partial charge in [-0.3, -0.25) is 4.90 Å². The average Bonchev–Trinajstić information content (AvgIpc) is 2.85. The van der Waals surface area contributed by atoms with Gasteiger partial charge in [-0.25, -0.2) is 9.59 Å². The molecule has 1 atom stereocenters. The first-order valence-corrected chi connectivity index (χ1v) is 11.5. The van der Waals surface area contributed by atoms with Gasteiger partial charge in [0.1, 0.15) is 24.6 Å². The lowest BCUT2D eigenvalue weighted by molar-refractivity contribution is -0.158. The van der Waals surface area contributed by atoms with Gasteiger partial charge in [-0.1, -0.05) is 72.8 Å². The van der Waals surface area contributed by atoms with Gasteiger partial charge in [0.25, 0.3) is 0 Å². The van der Waals surface area contributed by atoms with E-state index in [0.717, 1.165) is 11.1 Å². The van der Waals surface area contributed by atoms with E-state index in [-0.39, 0.29) is 6.61 Å². The summed E-state index contributed by atoms with van der Waals surface area (Å²) in [5, 5.41) is 0. The Kier molecular flexibility index (Phi) is 8.18.